The molecule has 4 rings (SSSR count). The molecule has 0 unspecified atom stereocenters. The van der Waals surface area contributed by atoms with Crippen molar-refractivity contribution in [3.05, 3.63) is 29.3 Å². The Morgan fingerprint density at radius 2 is 2.04 bits per heavy atom. The van der Waals surface area contributed by atoms with Crippen molar-refractivity contribution in [1.82, 2.24) is 10.2 Å². The number of phenolic OH excluding ortho intramolecular Hbond substituents is 1. The zero-order valence-electron chi connectivity index (χ0n) is 14.7. The van der Waals surface area contributed by atoms with E-state index >= 15 is 0 Å². The minimum Gasteiger partial charge on any atom is -0.508 e. The first kappa shape index (κ1) is 16.4. The van der Waals surface area contributed by atoms with Crippen LogP contribution in [0.4, 0.5) is 0 Å². The molecule has 1 aliphatic heterocycles. The molecule has 5 heteroatoms. The summed E-state index contributed by atoms with van der Waals surface area (Å²) in [6.07, 6.45) is 6.40. The number of rotatable bonds is 5. The number of hydrogen-bond donors (Lipinski definition) is 2. The van der Waals surface area contributed by atoms with E-state index < -0.39 is 0 Å². The van der Waals surface area contributed by atoms with E-state index in [1.54, 1.807) is 12.1 Å². The summed E-state index contributed by atoms with van der Waals surface area (Å²) in [5.74, 6) is 1.31. The van der Waals surface area contributed by atoms with Crippen molar-refractivity contribution >= 4 is 11.8 Å². The van der Waals surface area contributed by atoms with Crippen molar-refractivity contribution in [1.29, 1.82) is 0 Å². The van der Waals surface area contributed by atoms with Crippen LogP contribution < -0.4 is 5.32 Å². The minimum atomic E-state index is -0.175. The lowest BCUT2D eigenvalue weighted by Crippen LogP contribution is -2.50. The van der Waals surface area contributed by atoms with Gasteiger partial charge in [-0.1, -0.05) is 6.07 Å². The van der Waals surface area contributed by atoms with Crippen molar-refractivity contribution in [2.45, 2.75) is 57.5 Å². The minimum absolute atomic E-state index is 0.0944. The number of aryl methyl sites for hydroxylation is 1. The lowest BCUT2D eigenvalue weighted by atomic mass is 9.97. The molecule has 1 aromatic carbocycles. The van der Waals surface area contributed by atoms with Crippen LogP contribution in [0.15, 0.2) is 18.2 Å². The number of carbonyl (C=O) groups excluding carboxylic acids is 2. The Morgan fingerprint density at radius 1 is 1.24 bits per heavy atom. The first-order valence-corrected chi connectivity index (χ1v) is 9.42. The lowest BCUT2D eigenvalue weighted by molar-refractivity contribution is -0.135. The molecule has 2 bridgehead atoms. The molecule has 5 nitrogen and oxygen atoms in total. The van der Waals surface area contributed by atoms with Gasteiger partial charge in [0.25, 0.3) is 5.91 Å². The van der Waals surface area contributed by atoms with Crippen LogP contribution in [-0.2, 0) is 4.79 Å². The Kier molecular flexibility index (Phi) is 4.18. The molecule has 3 aliphatic rings. The van der Waals surface area contributed by atoms with Crippen LogP contribution in [0, 0.1) is 18.8 Å². The third-order valence-electron chi connectivity index (χ3n) is 6.13. The molecule has 3 atom stereocenters. The molecule has 2 amide bonds. The predicted molar refractivity (Wildman–Crippen MR) is 94.3 cm³/mol. The zero-order valence-corrected chi connectivity index (χ0v) is 14.7. The van der Waals surface area contributed by atoms with Gasteiger partial charge in [0.1, 0.15) is 5.75 Å². The quantitative estimate of drug-likeness (QED) is 0.864. The highest BCUT2D eigenvalue weighted by Crippen LogP contribution is 2.44. The summed E-state index contributed by atoms with van der Waals surface area (Å²) in [5, 5.41) is 12.6. The van der Waals surface area contributed by atoms with Gasteiger partial charge in [-0.15, -0.1) is 0 Å². The third-order valence-corrected chi connectivity index (χ3v) is 6.13. The standard InChI is InChI=1S/C20H26N2O3/c1-12-2-7-16(23)10-17(12)20(25)21-11-18-14-5-6-15(9-14)22(18)19(24)8-13-3-4-13/h2,7,10,13-15,18,23H,3-6,8-9,11H2,1H3,(H,21,25)/t14-,15+,18+/m0/s1. The Labute approximate surface area is 148 Å². The van der Waals surface area contributed by atoms with E-state index in [1.165, 1.54) is 18.9 Å². The third kappa shape index (κ3) is 3.24. The summed E-state index contributed by atoms with van der Waals surface area (Å²) < 4.78 is 0. The lowest BCUT2D eigenvalue weighted by Gasteiger charge is -2.35. The number of nitrogens with zero attached hydrogens (tertiary/aromatic N) is 1. The number of piperidine rings is 1. The molecule has 2 N–H and O–H groups in total. The summed E-state index contributed by atoms with van der Waals surface area (Å²) in [6, 6.07) is 5.34. The van der Waals surface area contributed by atoms with E-state index in [1.807, 2.05) is 6.92 Å². The van der Waals surface area contributed by atoms with Crippen LogP contribution in [0.2, 0.25) is 0 Å². The molecule has 1 aromatic rings. The second-order valence-corrected chi connectivity index (χ2v) is 7.95. The monoisotopic (exact) mass is 342 g/mol. The average molecular weight is 342 g/mol. The van der Waals surface area contributed by atoms with E-state index in [0.29, 0.717) is 36.4 Å². The second kappa shape index (κ2) is 6.36. The fourth-order valence-corrected chi connectivity index (χ4v) is 4.57. The SMILES string of the molecule is Cc1ccc(O)cc1C(=O)NC[C@@H]1[C@H]2CC[C@H](C2)N1C(=O)CC1CC1. The number of amides is 2. The van der Waals surface area contributed by atoms with Crippen LogP contribution in [0.1, 0.15) is 54.4 Å². The van der Waals surface area contributed by atoms with Crippen molar-refractivity contribution in [3.8, 4) is 5.75 Å². The van der Waals surface area contributed by atoms with E-state index in [4.69, 9.17) is 0 Å². The summed E-state index contributed by atoms with van der Waals surface area (Å²) in [7, 11) is 0. The largest absolute Gasteiger partial charge is 0.508 e. The number of hydrogen-bond acceptors (Lipinski definition) is 3. The Morgan fingerprint density at radius 3 is 2.80 bits per heavy atom. The molecular formula is C20H26N2O3. The van der Waals surface area contributed by atoms with Crippen LogP contribution in [-0.4, -0.2) is 40.4 Å². The van der Waals surface area contributed by atoms with Crippen LogP contribution in [0.25, 0.3) is 0 Å². The summed E-state index contributed by atoms with van der Waals surface area (Å²) in [4.78, 5) is 27.3. The van der Waals surface area contributed by atoms with Gasteiger partial charge >= 0.3 is 0 Å². The molecule has 3 fully saturated rings. The maximum atomic E-state index is 12.7. The van der Waals surface area contributed by atoms with Crippen LogP contribution >= 0.6 is 0 Å². The fraction of sp³-hybridized carbons (Fsp3) is 0.600. The molecule has 134 valence electrons. The highest BCUT2D eigenvalue weighted by Gasteiger charge is 2.48. The molecule has 0 radical (unpaired) electrons. The van der Waals surface area contributed by atoms with Gasteiger partial charge in [-0.2, -0.15) is 0 Å². The maximum Gasteiger partial charge on any atom is 0.251 e. The van der Waals surface area contributed by atoms with E-state index in [9.17, 15) is 14.7 Å². The summed E-state index contributed by atoms with van der Waals surface area (Å²) >= 11 is 0. The van der Waals surface area contributed by atoms with Gasteiger partial charge in [0, 0.05) is 24.6 Å². The number of benzene rings is 1. The Bertz CT molecular complexity index is 698. The highest BCUT2D eigenvalue weighted by atomic mass is 16.3. The summed E-state index contributed by atoms with van der Waals surface area (Å²) in [5.41, 5.74) is 1.34. The van der Waals surface area contributed by atoms with Gasteiger partial charge in [-0.3, -0.25) is 9.59 Å². The molecule has 2 saturated carbocycles. The number of fused-ring (bicyclic) bond motifs is 2. The van der Waals surface area contributed by atoms with E-state index in [2.05, 4.69) is 10.2 Å². The molecule has 0 spiro atoms. The van der Waals surface area contributed by atoms with Gasteiger partial charge in [0.05, 0.1) is 6.04 Å². The van der Waals surface area contributed by atoms with E-state index in [-0.39, 0.29) is 23.6 Å². The molecule has 1 heterocycles. The molecule has 1 saturated heterocycles. The number of likely N-dealkylation sites (tertiary alicyclic amines) is 1. The smallest absolute Gasteiger partial charge is 0.251 e. The summed E-state index contributed by atoms with van der Waals surface area (Å²) in [6.45, 7) is 2.36. The molecular weight excluding hydrogens is 316 g/mol. The second-order valence-electron chi connectivity index (χ2n) is 7.95. The van der Waals surface area contributed by atoms with E-state index in [0.717, 1.165) is 24.8 Å². The van der Waals surface area contributed by atoms with Gasteiger partial charge < -0.3 is 15.3 Å². The highest BCUT2D eigenvalue weighted by molar-refractivity contribution is 5.96. The Balaban J connectivity index is 1.42. The normalized spacial score (nSPS) is 27.6. The topological polar surface area (TPSA) is 69.6 Å². The average Bonchev–Trinajstić information content (AvgIpc) is 3.17. The first-order valence-electron chi connectivity index (χ1n) is 9.42. The van der Waals surface area contributed by atoms with Gasteiger partial charge in [0.2, 0.25) is 5.91 Å². The zero-order chi connectivity index (χ0) is 17.6. The predicted octanol–water partition coefficient (Wildman–Crippen LogP) is 2.61. The fourth-order valence-electron chi connectivity index (χ4n) is 4.57. The molecule has 0 aromatic heterocycles. The van der Waals surface area contributed by atoms with Crippen LogP contribution in [0.5, 0.6) is 5.75 Å². The molecule has 2 aliphatic carbocycles. The number of aromatic hydroxyl groups is 1. The molecule has 25 heavy (non-hydrogen) atoms. The van der Waals surface area contributed by atoms with Crippen molar-refractivity contribution in [3.63, 3.8) is 0 Å². The number of carbonyl (C=O) groups is 2. The van der Waals surface area contributed by atoms with Crippen molar-refractivity contribution in [2.24, 2.45) is 11.8 Å². The first-order chi connectivity index (χ1) is 12.0. The number of nitrogens with one attached hydrogen (secondary N) is 1. The number of phenols is 1. The Hall–Kier alpha value is -2.04. The van der Waals surface area contributed by atoms with Gasteiger partial charge in [-0.05, 0) is 68.6 Å². The van der Waals surface area contributed by atoms with Gasteiger partial charge in [0.15, 0.2) is 0 Å². The van der Waals surface area contributed by atoms with Gasteiger partial charge in [-0.25, -0.2) is 0 Å². The maximum absolute atomic E-state index is 12.7. The van der Waals surface area contributed by atoms with Crippen molar-refractivity contribution in [2.75, 3.05) is 6.54 Å². The van der Waals surface area contributed by atoms with Crippen LogP contribution in [0.3, 0.4) is 0 Å². The van der Waals surface area contributed by atoms with Crippen molar-refractivity contribution < 1.29 is 14.7 Å².